The van der Waals surface area contributed by atoms with Crippen molar-refractivity contribution in [1.82, 2.24) is 20.3 Å². The lowest BCUT2D eigenvalue weighted by atomic mass is 10.1. The standard InChI is InChI=1S/C32H41N5O3/c1-39-30(38)13-8-3-2-4-9-19-33-20-10-22-40-27-16-14-26(15-17-27)29-23-28-31(35-24-36-32(28)37-29)34-21-18-25-11-6-5-7-12-25/h5-7,11-12,14-17,23-24,33H,2-4,8-10,13,18-22H2,1H3,(H2,34,35,36,37). The van der Waals surface area contributed by atoms with Crippen molar-refractivity contribution in [3.8, 4) is 17.0 Å². The Balaban J connectivity index is 1.13. The number of aromatic amines is 1. The summed E-state index contributed by atoms with van der Waals surface area (Å²) in [4.78, 5) is 23.4. The lowest BCUT2D eigenvalue weighted by Crippen LogP contribution is -2.18. The van der Waals surface area contributed by atoms with E-state index in [0.717, 1.165) is 92.0 Å². The van der Waals surface area contributed by atoms with Crippen molar-refractivity contribution < 1.29 is 14.3 Å². The van der Waals surface area contributed by atoms with Crippen LogP contribution < -0.4 is 15.4 Å². The molecular formula is C32H41N5O3. The van der Waals surface area contributed by atoms with Gasteiger partial charge in [-0.2, -0.15) is 0 Å². The average Bonchev–Trinajstić information content (AvgIpc) is 3.44. The van der Waals surface area contributed by atoms with Gasteiger partial charge in [-0.05, 0) is 80.2 Å². The van der Waals surface area contributed by atoms with Crippen LogP contribution in [0.15, 0.2) is 67.0 Å². The molecule has 0 aliphatic rings. The van der Waals surface area contributed by atoms with E-state index in [9.17, 15) is 4.79 Å². The average molecular weight is 544 g/mol. The first kappa shape index (κ1) is 29.1. The van der Waals surface area contributed by atoms with Gasteiger partial charge in [0.05, 0.1) is 19.1 Å². The number of hydrogen-bond donors (Lipinski definition) is 3. The predicted molar refractivity (Wildman–Crippen MR) is 161 cm³/mol. The van der Waals surface area contributed by atoms with E-state index in [-0.39, 0.29) is 5.97 Å². The van der Waals surface area contributed by atoms with Gasteiger partial charge in [0, 0.05) is 18.7 Å². The molecule has 4 rings (SSSR count). The Labute approximate surface area is 236 Å². The highest BCUT2D eigenvalue weighted by Crippen LogP contribution is 2.28. The molecule has 0 spiro atoms. The minimum absolute atomic E-state index is 0.110. The van der Waals surface area contributed by atoms with E-state index in [4.69, 9.17) is 4.74 Å². The smallest absolute Gasteiger partial charge is 0.305 e. The third kappa shape index (κ3) is 9.38. The van der Waals surface area contributed by atoms with Gasteiger partial charge < -0.3 is 25.1 Å². The number of carbonyl (C=O) groups excluding carboxylic acids is 1. The predicted octanol–water partition coefficient (Wildman–Crippen LogP) is 6.15. The van der Waals surface area contributed by atoms with Crippen molar-refractivity contribution in [3.05, 3.63) is 72.6 Å². The molecule has 0 saturated heterocycles. The molecule has 4 aromatic rings. The number of nitrogens with one attached hydrogen (secondary N) is 3. The first-order valence-corrected chi connectivity index (χ1v) is 14.4. The van der Waals surface area contributed by atoms with Crippen molar-refractivity contribution in [3.63, 3.8) is 0 Å². The third-order valence-electron chi connectivity index (χ3n) is 6.87. The Bertz CT molecular complexity index is 1290. The van der Waals surface area contributed by atoms with E-state index >= 15 is 0 Å². The van der Waals surface area contributed by atoms with Gasteiger partial charge in [0.15, 0.2) is 0 Å². The Morgan fingerprint density at radius 3 is 2.48 bits per heavy atom. The minimum Gasteiger partial charge on any atom is -0.494 e. The number of unbranched alkanes of at least 4 members (excludes halogenated alkanes) is 4. The van der Waals surface area contributed by atoms with Crippen LogP contribution in [0.25, 0.3) is 22.3 Å². The zero-order valence-electron chi connectivity index (χ0n) is 23.5. The zero-order chi connectivity index (χ0) is 27.8. The van der Waals surface area contributed by atoms with Crippen LogP contribution >= 0.6 is 0 Å². The second-order valence-corrected chi connectivity index (χ2v) is 9.90. The molecule has 0 bridgehead atoms. The quantitative estimate of drug-likeness (QED) is 0.102. The van der Waals surface area contributed by atoms with Gasteiger partial charge in [0.25, 0.3) is 0 Å². The maximum absolute atomic E-state index is 11.1. The second kappa shape index (κ2) is 16.3. The summed E-state index contributed by atoms with van der Waals surface area (Å²) < 4.78 is 10.6. The molecule has 8 nitrogen and oxygen atoms in total. The number of methoxy groups -OCH3 is 1. The summed E-state index contributed by atoms with van der Waals surface area (Å²) >= 11 is 0. The van der Waals surface area contributed by atoms with Crippen LogP contribution in [0.4, 0.5) is 5.82 Å². The van der Waals surface area contributed by atoms with E-state index in [1.807, 2.05) is 18.2 Å². The number of H-pyrrole nitrogens is 1. The van der Waals surface area contributed by atoms with Crippen LogP contribution in [-0.2, 0) is 16.0 Å². The van der Waals surface area contributed by atoms with Crippen LogP contribution in [0.1, 0.15) is 50.5 Å². The highest BCUT2D eigenvalue weighted by atomic mass is 16.5. The molecule has 0 aliphatic carbocycles. The molecule has 0 atom stereocenters. The fraction of sp³-hybridized carbons (Fsp3) is 0.406. The third-order valence-corrected chi connectivity index (χ3v) is 6.87. The second-order valence-electron chi connectivity index (χ2n) is 9.90. The lowest BCUT2D eigenvalue weighted by molar-refractivity contribution is -0.140. The SMILES string of the molecule is COC(=O)CCCCCCCNCCCOc1ccc(-c2cc3c(NCCc4ccccc4)ncnc3[nH]2)cc1. The van der Waals surface area contributed by atoms with Gasteiger partial charge in [-0.1, -0.05) is 49.6 Å². The Morgan fingerprint density at radius 2 is 1.65 bits per heavy atom. The monoisotopic (exact) mass is 543 g/mol. The summed E-state index contributed by atoms with van der Waals surface area (Å²) in [5, 5.41) is 7.93. The van der Waals surface area contributed by atoms with Crippen molar-refractivity contribution in [1.29, 1.82) is 0 Å². The first-order valence-electron chi connectivity index (χ1n) is 14.4. The van der Waals surface area contributed by atoms with Crippen LogP contribution in [0, 0.1) is 0 Å². The Morgan fingerprint density at radius 1 is 0.875 bits per heavy atom. The molecule has 0 unspecified atom stereocenters. The molecule has 2 aromatic carbocycles. The van der Waals surface area contributed by atoms with Gasteiger partial charge in [0.2, 0.25) is 0 Å². The molecule has 0 radical (unpaired) electrons. The molecule has 212 valence electrons. The van der Waals surface area contributed by atoms with Gasteiger partial charge in [0.1, 0.15) is 23.5 Å². The summed E-state index contributed by atoms with van der Waals surface area (Å²) in [5.74, 6) is 1.60. The number of anilines is 1. The number of benzene rings is 2. The van der Waals surface area contributed by atoms with E-state index in [2.05, 4.69) is 72.8 Å². The van der Waals surface area contributed by atoms with Crippen molar-refractivity contribution >= 4 is 22.8 Å². The van der Waals surface area contributed by atoms with E-state index in [1.54, 1.807) is 6.33 Å². The normalized spacial score (nSPS) is 11.0. The number of carbonyl (C=O) groups is 1. The first-order chi connectivity index (χ1) is 19.7. The maximum atomic E-state index is 11.1. The summed E-state index contributed by atoms with van der Waals surface area (Å²) in [6.45, 7) is 3.45. The maximum Gasteiger partial charge on any atom is 0.305 e. The highest BCUT2D eigenvalue weighted by Gasteiger charge is 2.10. The number of ether oxygens (including phenoxy) is 2. The van der Waals surface area contributed by atoms with Gasteiger partial charge in [-0.15, -0.1) is 0 Å². The van der Waals surface area contributed by atoms with Crippen LogP contribution in [0.5, 0.6) is 5.75 Å². The molecule has 0 amide bonds. The molecule has 3 N–H and O–H groups in total. The molecule has 0 fully saturated rings. The van der Waals surface area contributed by atoms with E-state index < -0.39 is 0 Å². The number of aromatic nitrogens is 3. The van der Waals surface area contributed by atoms with Crippen LogP contribution in [0.2, 0.25) is 0 Å². The van der Waals surface area contributed by atoms with Crippen molar-refractivity contribution in [2.75, 3.05) is 38.7 Å². The largest absolute Gasteiger partial charge is 0.494 e. The molecule has 40 heavy (non-hydrogen) atoms. The highest BCUT2D eigenvalue weighted by molar-refractivity contribution is 5.91. The molecule has 2 heterocycles. The molecular weight excluding hydrogens is 502 g/mol. The van der Waals surface area contributed by atoms with Crippen LogP contribution in [-0.4, -0.2) is 54.3 Å². The number of nitrogens with zero attached hydrogens (tertiary/aromatic N) is 2. The van der Waals surface area contributed by atoms with Gasteiger partial charge in [-0.3, -0.25) is 4.79 Å². The Kier molecular flexibility index (Phi) is 11.8. The fourth-order valence-electron chi connectivity index (χ4n) is 4.60. The Hall–Kier alpha value is -3.91. The number of esters is 1. The van der Waals surface area contributed by atoms with Gasteiger partial charge in [-0.25, -0.2) is 9.97 Å². The van der Waals surface area contributed by atoms with E-state index in [1.165, 1.54) is 19.1 Å². The molecule has 0 aliphatic heterocycles. The number of rotatable bonds is 18. The van der Waals surface area contributed by atoms with Crippen molar-refractivity contribution in [2.45, 2.75) is 51.4 Å². The lowest BCUT2D eigenvalue weighted by Gasteiger charge is -2.08. The zero-order valence-corrected chi connectivity index (χ0v) is 23.5. The summed E-state index contributed by atoms with van der Waals surface area (Å²) in [5.41, 5.74) is 4.19. The van der Waals surface area contributed by atoms with Gasteiger partial charge >= 0.3 is 5.97 Å². The molecule has 2 aromatic heterocycles. The van der Waals surface area contributed by atoms with Crippen molar-refractivity contribution in [2.24, 2.45) is 0 Å². The summed E-state index contributed by atoms with van der Waals surface area (Å²) in [6.07, 6.45) is 9.53. The molecule has 8 heteroatoms. The summed E-state index contributed by atoms with van der Waals surface area (Å²) in [6, 6.07) is 20.7. The van der Waals surface area contributed by atoms with Crippen LogP contribution in [0.3, 0.4) is 0 Å². The van der Waals surface area contributed by atoms with E-state index in [0.29, 0.717) is 13.0 Å². The minimum atomic E-state index is -0.110. The summed E-state index contributed by atoms with van der Waals surface area (Å²) in [7, 11) is 1.44. The molecule has 0 saturated carbocycles. The fourth-order valence-corrected chi connectivity index (χ4v) is 4.60. The topological polar surface area (TPSA) is 101 Å². The number of hydrogen-bond acceptors (Lipinski definition) is 7. The number of fused-ring (bicyclic) bond motifs is 1.